The van der Waals surface area contributed by atoms with Gasteiger partial charge in [-0.25, -0.2) is 0 Å². The maximum atomic E-state index is 5.74. The molecule has 0 saturated carbocycles. The Kier molecular flexibility index (Phi) is 6.21. The largest absolute Gasteiger partial charge is 0.373 e. The van der Waals surface area contributed by atoms with E-state index in [0.29, 0.717) is 0 Å². The van der Waals surface area contributed by atoms with Gasteiger partial charge in [0, 0.05) is 13.1 Å². The van der Waals surface area contributed by atoms with Crippen LogP contribution in [0.15, 0.2) is 0 Å². The van der Waals surface area contributed by atoms with Crippen molar-refractivity contribution in [2.24, 2.45) is 5.92 Å². The normalized spacial score (nSPS) is 26.5. The lowest BCUT2D eigenvalue weighted by Gasteiger charge is -2.38. The van der Waals surface area contributed by atoms with Crippen molar-refractivity contribution >= 4 is 12.4 Å². The third kappa shape index (κ3) is 5.12. The van der Waals surface area contributed by atoms with Crippen molar-refractivity contribution < 1.29 is 4.74 Å². The lowest BCUT2D eigenvalue weighted by molar-refractivity contribution is -0.0869. The average molecular weight is 263 g/mol. The minimum absolute atomic E-state index is 0. The van der Waals surface area contributed by atoms with Crippen molar-refractivity contribution in [3.8, 4) is 0 Å². The number of hydrogen-bond donors (Lipinski definition) is 1. The molecule has 0 aromatic rings. The standard InChI is InChI=1S/C13H26N2O.ClH/c1-13(2)11-15(9-10-16-13)8-5-12-3-6-14-7-4-12;/h12,14H,3-11H2,1-2H3;1H. The summed E-state index contributed by atoms with van der Waals surface area (Å²) in [7, 11) is 0. The van der Waals surface area contributed by atoms with Gasteiger partial charge in [0.1, 0.15) is 0 Å². The van der Waals surface area contributed by atoms with Gasteiger partial charge in [0.2, 0.25) is 0 Å². The molecule has 0 radical (unpaired) electrons. The molecule has 2 aliphatic rings. The van der Waals surface area contributed by atoms with Crippen LogP contribution in [-0.4, -0.2) is 49.8 Å². The summed E-state index contributed by atoms with van der Waals surface area (Å²) in [6.45, 7) is 11.2. The number of ether oxygens (including phenoxy) is 1. The molecule has 0 bridgehead atoms. The Hall–Kier alpha value is 0.170. The number of hydrogen-bond acceptors (Lipinski definition) is 3. The molecule has 0 atom stereocenters. The predicted molar refractivity (Wildman–Crippen MR) is 73.9 cm³/mol. The summed E-state index contributed by atoms with van der Waals surface area (Å²) in [6.07, 6.45) is 4.11. The Labute approximate surface area is 112 Å². The molecule has 0 spiro atoms. The molecule has 2 rings (SSSR count). The molecule has 0 aromatic carbocycles. The monoisotopic (exact) mass is 262 g/mol. The quantitative estimate of drug-likeness (QED) is 0.841. The molecule has 3 nitrogen and oxygen atoms in total. The predicted octanol–water partition coefficient (Wildman–Crippen LogP) is 1.91. The molecule has 2 aliphatic heterocycles. The number of rotatable bonds is 3. The highest BCUT2D eigenvalue weighted by Crippen LogP contribution is 2.20. The summed E-state index contributed by atoms with van der Waals surface area (Å²) in [4.78, 5) is 2.57. The Morgan fingerprint density at radius 1 is 1.29 bits per heavy atom. The fourth-order valence-electron chi connectivity index (χ4n) is 2.84. The fourth-order valence-corrected chi connectivity index (χ4v) is 2.84. The van der Waals surface area contributed by atoms with Crippen LogP contribution in [0.2, 0.25) is 0 Å². The molecule has 17 heavy (non-hydrogen) atoms. The van der Waals surface area contributed by atoms with Gasteiger partial charge in [-0.1, -0.05) is 0 Å². The third-order valence-electron chi connectivity index (χ3n) is 3.82. The highest BCUT2D eigenvalue weighted by molar-refractivity contribution is 5.85. The molecular formula is C13H27ClN2O. The van der Waals surface area contributed by atoms with Crippen molar-refractivity contribution in [1.82, 2.24) is 10.2 Å². The van der Waals surface area contributed by atoms with E-state index in [-0.39, 0.29) is 18.0 Å². The van der Waals surface area contributed by atoms with Crippen LogP contribution < -0.4 is 5.32 Å². The van der Waals surface area contributed by atoms with Gasteiger partial charge in [-0.15, -0.1) is 12.4 Å². The van der Waals surface area contributed by atoms with Crippen LogP contribution in [-0.2, 0) is 4.74 Å². The van der Waals surface area contributed by atoms with Crippen LogP contribution in [0.3, 0.4) is 0 Å². The van der Waals surface area contributed by atoms with E-state index in [1.54, 1.807) is 0 Å². The smallest absolute Gasteiger partial charge is 0.0753 e. The van der Waals surface area contributed by atoms with Crippen LogP contribution >= 0.6 is 12.4 Å². The van der Waals surface area contributed by atoms with Gasteiger partial charge < -0.3 is 10.1 Å². The average Bonchev–Trinajstić information content (AvgIpc) is 2.27. The maximum Gasteiger partial charge on any atom is 0.0753 e. The van der Waals surface area contributed by atoms with Gasteiger partial charge >= 0.3 is 0 Å². The Balaban J connectivity index is 0.00000144. The minimum atomic E-state index is 0. The summed E-state index contributed by atoms with van der Waals surface area (Å²) >= 11 is 0. The first kappa shape index (κ1) is 15.2. The zero-order valence-corrected chi connectivity index (χ0v) is 12.0. The SMILES string of the molecule is CC1(C)CN(CCC2CCNCC2)CCO1.Cl. The second kappa shape index (κ2) is 6.93. The summed E-state index contributed by atoms with van der Waals surface area (Å²) in [5.41, 5.74) is 0.0619. The molecule has 2 fully saturated rings. The van der Waals surface area contributed by atoms with Gasteiger partial charge in [-0.2, -0.15) is 0 Å². The first-order chi connectivity index (χ1) is 7.66. The summed E-state index contributed by atoms with van der Waals surface area (Å²) in [5, 5.41) is 3.43. The van der Waals surface area contributed by atoms with Crippen LogP contribution in [0.25, 0.3) is 0 Å². The Morgan fingerprint density at radius 2 is 2.00 bits per heavy atom. The van der Waals surface area contributed by atoms with Crippen molar-refractivity contribution in [3.63, 3.8) is 0 Å². The van der Waals surface area contributed by atoms with Crippen LogP contribution in [0.5, 0.6) is 0 Å². The van der Waals surface area contributed by atoms with Gasteiger partial charge in [0.15, 0.2) is 0 Å². The molecule has 2 saturated heterocycles. The molecule has 102 valence electrons. The van der Waals surface area contributed by atoms with Crippen molar-refractivity contribution in [2.75, 3.05) is 39.3 Å². The second-order valence-corrected chi connectivity index (χ2v) is 5.87. The van der Waals surface area contributed by atoms with Crippen LogP contribution in [0, 0.1) is 5.92 Å². The van der Waals surface area contributed by atoms with Crippen LogP contribution in [0.1, 0.15) is 33.1 Å². The van der Waals surface area contributed by atoms with Crippen molar-refractivity contribution in [2.45, 2.75) is 38.7 Å². The number of nitrogens with one attached hydrogen (secondary N) is 1. The summed E-state index contributed by atoms with van der Waals surface area (Å²) in [5.74, 6) is 0.951. The second-order valence-electron chi connectivity index (χ2n) is 5.87. The van der Waals surface area contributed by atoms with Crippen molar-refractivity contribution in [1.29, 1.82) is 0 Å². The first-order valence-corrected chi connectivity index (χ1v) is 6.73. The van der Waals surface area contributed by atoms with Gasteiger partial charge in [0.05, 0.1) is 12.2 Å². The fraction of sp³-hybridized carbons (Fsp3) is 1.00. The lowest BCUT2D eigenvalue weighted by atomic mass is 9.94. The van der Waals surface area contributed by atoms with E-state index in [1.165, 1.54) is 38.9 Å². The molecule has 0 aromatic heterocycles. The van der Waals surface area contributed by atoms with Crippen LogP contribution in [0.4, 0.5) is 0 Å². The number of piperidine rings is 1. The van der Waals surface area contributed by atoms with Gasteiger partial charge in [-0.3, -0.25) is 4.90 Å². The number of halogens is 1. The number of morpholine rings is 1. The van der Waals surface area contributed by atoms with Gasteiger partial charge in [-0.05, 0) is 58.7 Å². The minimum Gasteiger partial charge on any atom is -0.373 e. The zero-order chi connectivity index (χ0) is 11.4. The zero-order valence-electron chi connectivity index (χ0n) is 11.2. The highest BCUT2D eigenvalue weighted by atomic mass is 35.5. The lowest BCUT2D eigenvalue weighted by Crippen LogP contribution is -2.48. The molecule has 0 amide bonds. The van der Waals surface area contributed by atoms with E-state index in [2.05, 4.69) is 24.1 Å². The molecule has 4 heteroatoms. The van der Waals surface area contributed by atoms with E-state index in [9.17, 15) is 0 Å². The number of nitrogens with zero attached hydrogens (tertiary/aromatic N) is 1. The first-order valence-electron chi connectivity index (χ1n) is 6.73. The van der Waals surface area contributed by atoms with E-state index < -0.39 is 0 Å². The highest BCUT2D eigenvalue weighted by Gasteiger charge is 2.27. The maximum absolute atomic E-state index is 5.74. The summed E-state index contributed by atoms with van der Waals surface area (Å²) < 4.78 is 5.74. The molecule has 0 unspecified atom stereocenters. The van der Waals surface area contributed by atoms with Crippen molar-refractivity contribution in [3.05, 3.63) is 0 Å². The summed E-state index contributed by atoms with van der Waals surface area (Å²) in [6, 6.07) is 0. The molecular weight excluding hydrogens is 236 g/mol. The van der Waals surface area contributed by atoms with E-state index >= 15 is 0 Å². The van der Waals surface area contributed by atoms with E-state index in [4.69, 9.17) is 4.74 Å². The topological polar surface area (TPSA) is 24.5 Å². The Bertz CT molecular complexity index is 217. The molecule has 1 N–H and O–H groups in total. The molecule has 2 heterocycles. The third-order valence-corrected chi connectivity index (χ3v) is 3.82. The Morgan fingerprint density at radius 3 is 2.65 bits per heavy atom. The molecule has 0 aliphatic carbocycles. The van der Waals surface area contributed by atoms with Gasteiger partial charge in [0.25, 0.3) is 0 Å². The van der Waals surface area contributed by atoms with E-state index in [0.717, 1.165) is 25.6 Å². The van der Waals surface area contributed by atoms with E-state index in [1.807, 2.05) is 0 Å².